The lowest BCUT2D eigenvalue weighted by molar-refractivity contribution is -0.858. The first-order valence-corrected chi connectivity index (χ1v) is 12.2. The molecular weight excluding hydrogens is 456 g/mol. The van der Waals surface area contributed by atoms with Crippen molar-refractivity contribution in [3.63, 3.8) is 0 Å². The second-order valence-corrected chi connectivity index (χ2v) is 9.18. The summed E-state index contributed by atoms with van der Waals surface area (Å²) in [6, 6.07) is 15.9. The van der Waals surface area contributed by atoms with E-state index in [2.05, 4.69) is 5.10 Å². The molecule has 0 radical (unpaired) electrons. The predicted octanol–water partition coefficient (Wildman–Crippen LogP) is 1.34. The Morgan fingerprint density at radius 1 is 1.08 bits per heavy atom. The molecule has 188 valence electrons. The number of Topliss-reactive ketones (excluding diaryl/α,β-unsaturated/α-hetero) is 1. The van der Waals surface area contributed by atoms with Crippen LogP contribution in [0.5, 0.6) is 5.75 Å². The molecule has 8 heteroatoms. The number of carbonyl (C=O) groups excluding carboxylic acids is 2. The number of amides is 1. The summed E-state index contributed by atoms with van der Waals surface area (Å²) in [5.41, 5.74) is 2.40. The van der Waals surface area contributed by atoms with Crippen molar-refractivity contribution < 1.29 is 24.3 Å². The first-order chi connectivity index (χ1) is 17.3. The zero-order valence-corrected chi connectivity index (χ0v) is 21.2. The number of hydrogen-bond acceptors (Lipinski definition) is 5. The molecule has 1 saturated heterocycles. The zero-order valence-electron chi connectivity index (χ0n) is 21.2. The fourth-order valence-electron chi connectivity index (χ4n) is 4.57. The number of likely N-dealkylation sites (tertiary alicyclic amines) is 1. The molecule has 1 fully saturated rings. The molecule has 0 bridgehead atoms. The Balaban J connectivity index is 1.79. The van der Waals surface area contributed by atoms with E-state index in [0.29, 0.717) is 42.1 Å². The van der Waals surface area contributed by atoms with Crippen molar-refractivity contribution in [1.82, 2.24) is 14.7 Å². The molecule has 4 rings (SSSR count). The van der Waals surface area contributed by atoms with Gasteiger partial charge in [0.2, 0.25) is 5.78 Å². The van der Waals surface area contributed by atoms with Crippen molar-refractivity contribution in [2.75, 3.05) is 33.8 Å². The second kappa shape index (κ2) is 10.8. The Morgan fingerprint density at radius 2 is 1.78 bits per heavy atom. The topological polar surface area (TPSA) is 91.9 Å². The molecule has 3 aromatic rings. The summed E-state index contributed by atoms with van der Waals surface area (Å²) in [6.45, 7) is 5.43. The van der Waals surface area contributed by atoms with E-state index in [-0.39, 0.29) is 5.57 Å². The largest absolute Gasteiger partial charge is 0.872 e. The van der Waals surface area contributed by atoms with Crippen LogP contribution in [0.1, 0.15) is 36.2 Å². The number of nitrogens with one attached hydrogen (secondary N) is 1. The van der Waals surface area contributed by atoms with Crippen LogP contribution in [-0.2, 0) is 9.59 Å². The van der Waals surface area contributed by atoms with E-state index < -0.39 is 23.5 Å². The minimum atomic E-state index is -0.759. The van der Waals surface area contributed by atoms with Crippen LogP contribution in [0, 0.1) is 6.92 Å². The third-order valence-corrected chi connectivity index (χ3v) is 6.37. The molecule has 2 aromatic carbocycles. The maximum absolute atomic E-state index is 13.8. The van der Waals surface area contributed by atoms with Crippen molar-refractivity contribution >= 4 is 17.4 Å². The Morgan fingerprint density at radius 3 is 2.42 bits per heavy atom. The molecule has 2 heterocycles. The van der Waals surface area contributed by atoms with Crippen LogP contribution in [-0.4, -0.2) is 60.2 Å². The first-order valence-electron chi connectivity index (χ1n) is 12.2. The lowest BCUT2D eigenvalue weighted by atomic mass is 9.95. The van der Waals surface area contributed by atoms with Gasteiger partial charge in [0.05, 0.1) is 45.2 Å². The van der Waals surface area contributed by atoms with Crippen molar-refractivity contribution in [1.29, 1.82) is 0 Å². The normalized spacial score (nSPS) is 17.2. The fraction of sp³-hybridized carbons (Fsp3) is 0.321. The number of para-hydroxylation sites is 1. The lowest BCUT2D eigenvalue weighted by Gasteiger charge is -2.27. The van der Waals surface area contributed by atoms with Gasteiger partial charge in [-0.2, -0.15) is 5.10 Å². The molecule has 1 aromatic heterocycles. The van der Waals surface area contributed by atoms with Gasteiger partial charge in [-0.1, -0.05) is 36.1 Å². The van der Waals surface area contributed by atoms with Gasteiger partial charge in [0.15, 0.2) is 0 Å². The maximum Gasteiger partial charge on any atom is 0.295 e. The molecule has 0 spiro atoms. The van der Waals surface area contributed by atoms with Crippen LogP contribution in [0.4, 0.5) is 0 Å². The van der Waals surface area contributed by atoms with Crippen LogP contribution < -0.4 is 14.7 Å². The van der Waals surface area contributed by atoms with Crippen LogP contribution in [0.3, 0.4) is 0 Å². The third-order valence-electron chi connectivity index (χ3n) is 6.37. The van der Waals surface area contributed by atoms with Crippen LogP contribution in [0.15, 0.2) is 66.4 Å². The number of nitrogens with zero attached hydrogens (tertiary/aromatic N) is 3. The Bertz CT molecular complexity index is 1260. The van der Waals surface area contributed by atoms with Gasteiger partial charge in [-0.15, -0.1) is 0 Å². The van der Waals surface area contributed by atoms with Gasteiger partial charge in [-0.3, -0.25) is 9.59 Å². The van der Waals surface area contributed by atoms with Gasteiger partial charge in [0.1, 0.15) is 5.75 Å². The highest BCUT2D eigenvalue weighted by molar-refractivity contribution is 6.46. The fourth-order valence-corrected chi connectivity index (χ4v) is 4.57. The van der Waals surface area contributed by atoms with E-state index >= 15 is 0 Å². The van der Waals surface area contributed by atoms with Gasteiger partial charge >= 0.3 is 0 Å². The molecule has 36 heavy (non-hydrogen) atoms. The van der Waals surface area contributed by atoms with E-state index in [1.54, 1.807) is 23.7 Å². The quantitative estimate of drug-likeness (QED) is 0.279. The molecule has 1 aliphatic heterocycles. The smallest absolute Gasteiger partial charge is 0.295 e. The summed E-state index contributed by atoms with van der Waals surface area (Å²) in [4.78, 5) is 29.2. The Kier molecular flexibility index (Phi) is 7.55. The number of ketones is 1. The molecule has 1 atom stereocenters. The van der Waals surface area contributed by atoms with E-state index in [4.69, 9.17) is 4.74 Å². The third kappa shape index (κ3) is 4.90. The van der Waals surface area contributed by atoms with E-state index in [9.17, 15) is 14.7 Å². The maximum atomic E-state index is 13.8. The average Bonchev–Trinajstić information content (AvgIpc) is 3.37. The number of carbonyl (C=O) groups is 2. The van der Waals surface area contributed by atoms with E-state index in [0.717, 1.165) is 12.2 Å². The second-order valence-electron chi connectivity index (χ2n) is 9.18. The molecule has 1 unspecified atom stereocenters. The number of benzene rings is 2. The van der Waals surface area contributed by atoms with Crippen molar-refractivity contribution in [2.45, 2.75) is 26.3 Å². The summed E-state index contributed by atoms with van der Waals surface area (Å²) >= 11 is 0. The van der Waals surface area contributed by atoms with Crippen LogP contribution >= 0.6 is 0 Å². The minimum absolute atomic E-state index is 0.0305. The highest BCUT2D eigenvalue weighted by Crippen LogP contribution is 2.39. The molecule has 0 saturated carbocycles. The standard InChI is InChI=1S/C28H32N4O4/c1-5-36-22-14-12-20(13-15-22)25-24(27(34)28(35)31(25)17-9-16-30(3)4)26(33)23-18-29-32(19(23)2)21-10-7-6-8-11-21/h6-8,10-15,18,25,33H,5,9,16-17H2,1-4H3. The first kappa shape index (κ1) is 25.2. The van der Waals surface area contributed by atoms with Crippen molar-refractivity contribution in [3.8, 4) is 11.4 Å². The lowest BCUT2D eigenvalue weighted by Crippen LogP contribution is -3.05. The number of rotatable bonds is 9. The number of quaternary nitrogens is 1. The minimum Gasteiger partial charge on any atom is -0.872 e. The molecule has 0 aliphatic carbocycles. The van der Waals surface area contributed by atoms with Gasteiger partial charge in [-0.25, -0.2) is 4.68 Å². The SMILES string of the molecule is CCOc1ccc(C2C(=C([O-])c3cnn(-c4ccccc4)c3C)C(=O)C(=O)N2CCC[NH+](C)C)cc1. The molecule has 1 N–H and O–H groups in total. The molecular formula is C28H32N4O4. The van der Waals surface area contributed by atoms with E-state index in [1.165, 1.54) is 16.0 Å². The molecule has 8 nitrogen and oxygen atoms in total. The predicted molar refractivity (Wildman–Crippen MR) is 135 cm³/mol. The summed E-state index contributed by atoms with van der Waals surface area (Å²) in [6.07, 6.45) is 2.18. The van der Waals surface area contributed by atoms with Gasteiger partial charge in [0.25, 0.3) is 5.91 Å². The monoisotopic (exact) mass is 488 g/mol. The number of hydrogen-bond donors (Lipinski definition) is 1. The summed E-state index contributed by atoms with van der Waals surface area (Å²) in [5.74, 6) is -1.16. The van der Waals surface area contributed by atoms with Crippen LogP contribution in [0.25, 0.3) is 11.4 Å². The summed E-state index contributed by atoms with van der Waals surface area (Å²) in [5, 5.41) is 18.2. The Hall–Kier alpha value is -3.91. The van der Waals surface area contributed by atoms with Gasteiger partial charge < -0.3 is 19.6 Å². The molecule has 1 amide bonds. The summed E-state index contributed by atoms with van der Waals surface area (Å²) < 4.78 is 7.22. The van der Waals surface area contributed by atoms with Crippen molar-refractivity contribution in [3.05, 3.63) is 83.2 Å². The van der Waals surface area contributed by atoms with Crippen LogP contribution in [0.2, 0.25) is 0 Å². The van der Waals surface area contributed by atoms with Gasteiger partial charge in [0, 0.05) is 29.8 Å². The summed E-state index contributed by atoms with van der Waals surface area (Å²) in [7, 11) is 4.07. The van der Waals surface area contributed by atoms with E-state index in [1.807, 2.05) is 63.5 Å². The average molecular weight is 489 g/mol. The highest BCUT2D eigenvalue weighted by Gasteiger charge is 2.44. The Labute approximate surface area is 211 Å². The highest BCUT2D eigenvalue weighted by atomic mass is 16.5. The number of aromatic nitrogens is 2. The molecule has 1 aliphatic rings. The van der Waals surface area contributed by atoms with Gasteiger partial charge in [-0.05, 0) is 43.7 Å². The number of ether oxygens (including phenoxy) is 1. The van der Waals surface area contributed by atoms with Crippen molar-refractivity contribution in [2.24, 2.45) is 0 Å². The zero-order chi connectivity index (χ0) is 25.8.